The lowest BCUT2D eigenvalue weighted by atomic mass is 10.2. The number of carbonyl (C=O) groups excluding carboxylic acids is 2. The fraction of sp³-hybridized carbons (Fsp3) is 0.333. The Bertz CT molecular complexity index is 387. The summed E-state index contributed by atoms with van der Waals surface area (Å²) in [6, 6.07) is 6.50. The summed E-state index contributed by atoms with van der Waals surface area (Å²) in [5.74, 6) is -0.510. The normalized spacial score (nSPS) is 9.94. The van der Waals surface area contributed by atoms with Crippen molar-refractivity contribution in [1.82, 2.24) is 5.32 Å². The van der Waals surface area contributed by atoms with Gasteiger partial charge in [0.1, 0.15) is 0 Å². The van der Waals surface area contributed by atoms with Gasteiger partial charge in [-0.05, 0) is 44.3 Å². The van der Waals surface area contributed by atoms with Crippen molar-refractivity contribution in [3.05, 3.63) is 29.8 Å². The van der Waals surface area contributed by atoms with Crippen molar-refractivity contribution >= 4 is 17.5 Å². The van der Waals surface area contributed by atoms with Gasteiger partial charge < -0.3 is 16.4 Å². The fourth-order valence-electron chi connectivity index (χ4n) is 1.37. The average Bonchev–Trinajstić information content (AvgIpc) is 2.30. The molecule has 0 spiro atoms. The third-order valence-electron chi connectivity index (χ3n) is 2.28. The highest BCUT2D eigenvalue weighted by molar-refractivity contribution is 5.94. The first-order chi connectivity index (χ1) is 8.13. The highest BCUT2D eigenvalue weighted by Gasteiger charge is 2.03. The van der Waals surface area contributed by atoms with Crippen LogP contribution in [0.15, 0.2) is 24.3 Å². The quantitative estimate of drug-likeness (QED) is 0.635. The number of hydrogen-bond acceptors (Lipinski definition) is 3. The molecule has 0 saturated heterocycles. The van der Waals surface area contributed by atoms with Gasteiger partial charge in [-0.15, -0.1) is 0 Å². The zero-order valence-electron chi connectivity index (χ0n) is 9.82. The van der Waals surface area contributed by atoms with E-state index in [0.717, 1.165) is 13.0 Å². The Hall–Kier alpha value is -1.88. The molecule has 0 radical (unpaired) electrons. The van der Waals surface area contributed by atoms with Crippen LogP contribution < -0.4 is 16.4 Å². The number of carbonyl (C=O) groups is 2. The molecule has 92 valence electrons. The lowest BCUT2D eigenvalue weighted by Gasteiger charge is -2.05. The van der Waals surface area contributed by atoms with E-state index in [9.17, 15) is 9.59 Å². The molecular weight excluding hydrogens is 218 g/mol. The molecule has 0 aliphatic carbocycles. The summed E-state index contributed by atoms with van der Waals surface area (Å²) in [6.07, 6.45) is 1.26. The maximum absolute atomic E-state index is 11.5. The topological polar surface area (TPSA) is 84.2 Å². The molecule has 0 aliphatic rings. The average molecular weight is 235 g/mol. The number of benzene rings is 1. The predicted molar refractivity (Wildman–Crippen MR) is 66.8 cm³/mol. The minimum atomic E-state index is -0.475. The van der Waals surface area contributed by atoms with Gasteiger partial charge in [-0.1, -0.05) is 0 Å². The van der Waals surface area contributed by atoms with Gasteiger partial charge in [0.2, 0.25) is 11.8 Å². The van der Waals surface area contributed by atoms with Gasteiger partial charge in [0.25, 0.3) is 0 Å². The number of rotatable bonds is 6. The molecule has 1 aromatic carbocycles. The molecule has 0 saturated carbocycles. The second kappa shape index (κ2) is 6.65. The van der Waals surface area contributed by atoms with E-state index in [-0.39, 0.29) is 5.91 Å². The summed E-state index contributed by atoms with van der Waals surface area (Å²) in [5.41, 5.74) is 6.21. The van der Waals surface area contributed by atoms with Crippen LogP contribution in [0.25, 0.3) is 0 Å². The number of hydrogen-bond donors (Lipinski definition) is 3. The number of amides is 2. The number of anilines is 1. The van der Waals surface area contributed by atoms with Crippen LogP contribution in [-0.2, 0) is 4.79 Å². The second-order valence-corrected chi connectivity index (χ2v) is 3.70. The van der Waals surface area contributed by atoms with Crippen molar-refractivity contribution in [3.63, 3.8) is 0 Å². The van der Waals surface area contributed by atoms with Crippen LogP contribution in [-0.4, -0.2) is 25.4 Å². The second-order valence-electron chi connectivity index (χ2n) is 3.70. The Morgan fingerprint density at radius 1 is 1.24 bits per heavy atom. The molecule has 0 bridgehead atoms. The van der Waals surface area contributed by atoms with E-state index < -0.39 is 5.91 Å². The summed E-state index contributed by atoms with van der Waals surface area (Å²) in [4.78, 5) is 22.3. The SMILES string of the molecule is CNCCCC(=O)Nc1ccc(C(N)=O)cc1. The van der Waals surface area contributed by atoms with Crippen molar-refractivity contribution < 1.29 is 9.59 Å². The van der Waals surface area contributed by atoms with Gasteiger partial charge in [0, 0.05) is 17.7 Å². The molecule has 1 rings (SSSR count). The molecular formula is C12H17N3O2. The van der Waals surface area contributed by atoms with E-state index in [4.69, 9.17) is 5.73 Å². The van der Waals surface area contributed by atoms with Crippen molar-refractivity contribution in [1.29, 1.82) is 0 Å². The summed E-state index contributed by atoms with van der Waals surface area (Å²) in [7, 11) is 1.85. The summed E-state index contributed by atoms with van der Waals surface area (Å²) >= 11 is 0. The van der Waals surface area contributed by atoms with Crippen LogP contribution in [0, 0.1) is 0 Å². The summed E-state index contributed by atoms with van der Waals surface area (Å²) in [6.45, 7) is 0.814. The first-order valence-electron chi connectivity index (χ1n) is 5.48. The van der Waals surface area contributed by atoms with Crippen LogP contribution in [0.5, 0.6) is 0 Å². The molecule has 2 amide bonds. The Kier molecular flexibility index (Phi) is 5.16. The van der Waals surface area contributed by atoms with Crippen molar-refractivity contribution in [2.45, 2.75) is 12.8 Å². The number of nitrogens with two attached hydrogens (primary N) is 1. The molecule has 0 aliphatic heterocycles. The molecule has 1 aromatic rings. The van der Waals surface area contributed by atoms with Crippen LogP contribution in [0.4, 0.5) is 5.69 Å². The van der Waals surface area contributed by atoms with E-state index in [1.165, 1.54) is 0 Å². The van der Waals surface area contributed by atoms with E-state index in [0.29, 0.717) is 17.7 Å². The Balaban J connectivity index is 2.46. The Morgan fingerprint density at radius 3 is 2.41 bits per heavy atom. The molecule has 4 N–H and O–H groups in total. The minimum Gasteiger partial charge on any atom is -0.366 e. The third kappa shape index (κ3) is 4.65. The summed E-state index contributed by atoms with van der Waals surface area (Å²) in [5, 5.41) is 5.72. The highest BCUT2D eigenvalue weighted by atomic mass is 16.1. The van der Waals surface area contributed by atoms with Gasteiger partial charge in [-0.3, -0.25) is 9.59 Å². The predicted octanol–water partition coefficient (Wildman–Crippen LogP) is 0.724. The zero-order valence-corrected chi connectivity index (χ0v) is 9.82. The molecule has 5 heteroatoms. The minimum absolute atomic E-state index is 0.0351. The van der Waals surface area contributed by atoms with Gasteiger partial charge in [-0.25, -0.2) is 0 Å². The Labute approximate surface area is 100 Å². The van der Waals surface area contributed by atoms with Crippen LogP contribution in [0.2, 0.25) is 0 Å². The molecule has 0 atom stereocenters. The Morgan fingerprint density at radius 2 is 1.88 bits per heavy atom. The zero-order chi connectivity index (χ0) is 12.7. The van der Waals surface area contributed by atoms with Crippen molar-refractivity contribution in [3.8, 4) is 0 Å². The molecule has 5 nitrogen and oxygen atoms in total. The fourth-order valence-corrected chi connectivity index (χ4v) is 1.37. The molecule has 0 aromatic heterocycles. The first-order valence-corrected chi connectivity index (χ1v) is 5.48. The summed E-state index contributed by atoms with van der Waals surface area (Å²) < 4.78 is 0. The molecule has 0 heterocycles. The number of primary amides is 1. The van der Waals surface area contributed by atoms with Crippen LogP contribution >= 0.6 is 0 Å². The standard InChI is InChI=1S/C12H17N3O2/c1-14-8-2-3-11(16)15-10-6-4-9(5-7-10)12(13)17/h4-7,14H,2-3,8H2,1H3,(H2,13,17)(H,15,16). The van der Waals surface area contributed by atoms with Gasteiger partial charge in [0.05, 0.1) is 0 Å². The monoisotopic (exact) mass is 235 g/mol. The van der Waals surface area contributed by atoms with Crippen LogP contribution in [0.1, 0.15) is 23.2 Å². The lowest BCUT2D eigenvalue weighted by molar-refractivity contribution is -0.116. The lowest BCUT2D eigenvalue weighted by Crippen LogP contribution is -2.15. The largest absolute Gasteiger partial charge is 0.366 e. The molecule has 0 unspecified atom stereocenters. The van der Waals surface area contributed by atoms with Gasteiger partial charge in [-0.2, -0.15) is 0 Å². The maximum atomic E-state index is 11.5. The van der Waals surface area contributed by atoms with E-state index >= 15 is 0 Å². The van der Waals surface area contributed by atoms with E-state index in [1.54, 1.807) is 24.3 Å². The number of nitrogens with one attached hydrogen (secondary N) is 2. The maximum Gasteiger partial charge on any atom is 0.248 e. The smallest absolute Gasteiger partial charge is 0.248 e. The van der Waals surface area contributed by atoms with Crippen molar-refractivity contribution in [2.75, 3.05) is 18.9 Å². The van der Waals surface area contributed by atoms with Crippen molar-refractivity contribution in [2.24, 2.45) is 5.73 Å². The third-order valence-corrected chi connectivity index (χ3v) is 2.28. The van der Waals surface area contributed by atoms with E-state index in [2.05, 4.69) is 10.6 Å². The van der Waals surface area contributed by atoms with Gasteiger partial charge in [0.15, 0.2) is 0 Å². The van der Waals surface area contributed by atoms with Crippen LogP contribution in [0.3, 0.4) is 0 Å². The van der Waals surface area contributed by atoms with E-state index in [1.807, 2.05) is 7.05 Å². The first kappa shape index (κ1) is 13.2. The molecule has 17 heavy (non-hydrogen) atoms. The van der Waals surface area contributed by atoms with Gasteiger partial charge >= 0.3 is 0 Å². The molecule has 0 fully saturated rings. The highest BCUT2D eigenvalue weighted by Crippen LogP contribution is 2.09.